The van der Waals surface area contributed by atoms with Crippen molar-refractivity contribution in [3.8, 4) is 23.1 Å². The van der Waals surface area contributed by atoms with Gasteiger partial charge in [-0.15, -0.1) is 0 Å². The fraction of sp³-hybridized carbons (Fsp3) is 0.143. The number of carbonyl (C=O) groups is 1. The topological polar surface area (TPSA) is 105 Å². The summed E-state index contributed by atoms with van der Waals surface area (Å²) in [6.45, 7) is 1.57. The van der Waals surface area contributed by atoms with Crippen LogP contribution in [0.5, 0.6) is 11.5 Å². The molecule has 2 heterocycles. The first-order valence-electron chi connectivity index (χ1n) is 11.7. The zero-order valence-electron chi connectivity index (χ0n) is 21.0. The van der Waals surface area contributed by atoms with Gasteiger partial charge in [-0.25, -0.2) is 9.78 Å². The first-order chi connectivity index (χ1) is 18.8. The first-order valence-corrected chi connectivity index (χ1v) is 12.8. The Hall–Kier alpha value is -4.15. The van der Waals surface area contributed by atoms with Crippen molar-refractivity contribution >= 4 is 61.6 Å². The molecule has 39 heavy (non-hydrogen) atoms. The number of hydrogen-bond donors (Lipinski definition) is 0. The van der Waals surface area contributed by atoms with Crippen LogP contribution in [0.2, 0.25) is 5.02 Å². The van der Waals surface area contributed by atoms with Crippen LogP contribution in [0.4, 0.5) is 0 Å². The second kappa shape index (κ2) is 10.9. The molecule has 0 spiro atoms. The lowest BCUT2D eigenvalue weighted by Crippen LogP contribution is -2.25. The molecule has 0 aliphatic carbocycles. The molecule has 9 nitrogen and oxygen atoms in total. The maximum absolute atomic E-state index is 13.5. The monoisotopic (exact) mass is 609 g/mol. The third-order valence-electron chi connectivity index (χ3n) is 5.85. The van der Waals surface area contributed by atoms with Crippen LogP contribution in [0.3, 0.4) is 0 Å². The quantitative estimate of drug-likeness (QED) is 0.163. The number of esters is 1. The van der Waals surface area contributed by atoms with E-state index in [2.05, 4.69) is 26.0 Å². The minimum absolute atomic E-state index is 0.222. The lowest BCUT2D eigenvalue weighted by atomic mass is 10.2. The van der Waals surface area contributed by atoms with Crippen molar-refractivity contribution in [2.75, 3.05) is 14.2 Å². The average molecular weight is 611 g/mol. The highest BCUT2D eigenvalue weighted by molar-refractivity contribution is 9.10. The van der Waals surface area contributed by atoms with Crippen LogP contribution in [-0.4, -0.2) is 42.2 Å². The third-order valence-corrected chi connectivity index (χ3v) is 6.68. The van der Waals surface area contributed by atoms with E-state index < -0.39 is 12.1 Å². The van der Waals surface area contributed by atoms with Crippen LogP contribution in [0, 0.1) is 0 Å². The lowest BCUT2D eigenvalue weighted by molar-refractivity contribution is -0.147. The van der Waals surface area contributed by atoms with Crippen LogP contribution in [0.1, 0.15) is 12.5 Å². The highest BCUT2D eigenvalue weighted by Gasteiger charge is 2.21. The highest BCUT2D eigenvalue weighted by Crippen LogP contribution is 2.37. The van der Waals surface area contributed by atoms with E-state index in [0.717, 1.165) is 5.39 Å². The summed E-state index contributed by atoms with van der Waals surface area (Å²) < 4.78 is 23.6. The fourth-order valence-corrected chi connectivity index (χ4v) is 4.69. The van der Waals surface area contributed by atoms with Crippen LogP contribution < -0.4 is 15.0 Å². The molecule has 0 bridgehead atoms. The molecule has 0 amide bonds. The normalized spacial score (nSPS) is 12.2. The number of rotatable bonds is 7. The Labute approximate surface area is 235 Å². The number of benzene rings is 3. The molecule has 0 aliphatic rings. The molecule has 198 valence electrons. The van der Waals surface area contributed by atoms with E-state index in [4.69, 9.17) is 30.2 Å². The summed E-state index contributed by atoms with van der Waals surface area (Å²) in [4.78, 5) is 30.0. The highest BCUT2D eigenvalue weighted by atomic mass is 79.9. The van der Waals surface area contributed by atoms with Crippen molar-refractivity contribution in [3.05, 3.63) is 86.1 Å². The third kappa shape index (κ3) is 5.25. The summed E-state index contributed by atoms with van der Waals surface area (Å²) in [7, 11) is 2.76. The summed E-state index contributed by atoms with van der Waals surface area (Å²) in [6, 6.07) is 17.4. The zero-order valence-corrected chi connectivity index (χ0v) is 23.3. The molecule has 0 saturated heterocycles. The first kappa shape index (κ1) is 26.5. The van der Waals surface area contributed by atoms with Gasteiger partial charge >= 0.3 is 5.97 Å². The van der Waals surface area contributed by atoms with Crippen LogP contribution in [-0.2, 0) is 9.53 Å². The predicted molar refractivity (Wildman–Crippen MR) is 152 cm³/mol. The summed E-state index contributed by atoms with van der Waals surface area (Å²) in [5, 5.41) is 6.20. The van der Waals surface area contributed by atoms with Gasteiger partial charge in [0, 0.05) is 10.4 Å². The smallest absolute Gasteiger partial charge is 0.346 e. The van der Waals surface area contributed by atoms with E-state index in [1.54, 1.807) is 67.6 Å². The van der Waals surface area contributed by atoms with Gasteiger partial charge in [-0.3, -0.25) is 4.79 Å². The van der Waals surface area contributed by atoms with Crippen LogP contribution in [0.15, 0.2) is 79.4 Å². The predicted octanol–water partition coefficient (Wildman–Crippen LogP) is 6.06. The Morgan fingerprint density at radius 3 is 2.72 bits per heavy atom. The van der Waals surface area contributed by atoms with Gasteiger partial charge in [0.25, 0.3) is 5.56 Å². The second-order valence-corrected chi connectivity index (χ2v) is 9.72. The lowest BCUT2D eigenvalue weighted by Gasteiger charge is -2.17. The van der Waals surface area contributed by atoms with Gasteiger partial charge in [0.05, 0.1) is 35.8 Å². The number of carbonyl (C=O) groups excluding carboxylic acids is 1. The number of aromatic nitrogens is 2. The van der Waals surface area contributed by atoms with Crippen molar-refractivity contribution in [1.82, 2.24) is 9.66 Å². The number of ether oxygens (including phenoxy) is 3. The molecule has 1 atom stereocenters. The maximum Gasteiger partial charge on any atom is 0.346 e. The standard InChI is InChI=1S/C28H21BrClN3O6/c1-15(28(35)37-3)38-25-20(29)10-16(11-23(25)36-2)14-31-33-26(32-21-7-5-4-6-19(21)27(33)34)24-13-17-12-18(30)8-9-22(17)39-24/h4-15H,1-3H3/t15-/m0/s1. The number of nitrogens with zero attached hydrogens (tertiary/aromatic N) is 3. The molecule has 3 aromatic carbocycles. The largest absolute Gasteiger partial charge is 0.493 e. The summed E-state index contributed by atoms with van der Waals surface area (Å²) in [6.07, 6.45) is 0.630. The number of methoxy groups -OCH3 is 2. The Bertz CT molecular complexity index is 1810. The number of hydrogen-bond acceptors (Lipinski definition) is 8. The molecule has 0 saturated carbocycles. The molecule has 0 aliphatic heterocycles. The number of para-hydroxylation sites is 1. The van der Waals surface area contributed by atoms with Crippen LogP contribution in [0.25, 0.3) is 33.5 Å². The van der Waals surface area contributed by atoms with Gasteiger partial charge in [0.15, 0.2) is 23.4 Å². The van der Waals surface area contributed by atoms with Crippen molar-refractivity contribution in [2.45, 2.75) is 13.0 Å². The van der Waals surface area contributed by atoms with Crippen molar-refractivity contribution in [1.29, 1.82) is 0 Å². The van der Waals surface area contributed by atoms with Gasteiger partial charge in [0.1, 0.15) is 5.58 Å². The maximum atomic E-state index is 13.5. The van der Waals surface area contributed by atoms with Gasteiger partial charge in [-0.1, -0.05) is 23.7 Å². The number of fused-ring (bicyclic) bond motifs is 2. The van der Waals surface area contributed by atoms with Crippen LogP contribution >= 0.6 is 27.5 Å². The van der Waals surface area contributed by atoms with Gasteiger partial charge < -0.3 is 18.6 Å². The van der Waals surface area contributed by atoms with E-state index in [0.29, 0.717) is 48.8 Å². The number of furan rings is 1. The molecular weight excluding hydrogens is 590 g/mol. The summed E-state index contributed by atoms with van der Waals surface area (Å²) in [5.41, 5.74) is 1.31. The average Bonchev–Trinajstić information content (AvgIpc) is 3.36. The molecule has 11 heteroatoms. The molecule has 0 radical (unpaired) electrons. The molecular formula is C28H21BrClN3O6. The van der Waals surface area contributed by atoms with Gasteiger partial charge in [-0.2, -0.15) is 9.78 Å². The molecule has 0 unspecified atom stereocenters. The Balaban J connectivity index is 1.61. The Morgan fingerprint density at radius 1 is 1.15 bits per heavy atom. The molecule has 0 N–H and O–H groups in total. The van der Waals surface area contributed by atoms with Crippen molar-refractivity contribution in [2.24, 2.45) is 5.10 Å². The van der Waals surface area contributed by atoms with E-state index in [-0.39, 0.29) is 11.4 Å². The van der Waals surface area contributed by atoms with E-state index in [1.165, 1.54) is 25.1 Å². The molecule has 0 fully saturated rings. The Morgan fingerprint density at radius 2 is 1.95 bits per heavy atom. The molecule has 5 rings (SSSR count). The summed E-state index contributed by atoms with van der Waals surface area (Å²) in [5.74, 6) is 0.712. The second-order valence-electron chi connectivity index (χ2n) is 8.42. The van der Waals surface area contributed by atoms with E-state index in [1.807, 2.05) is 0 Å². The van der Waals surface area contributed by atoms with Crippen molar-refractivity contribution in [3.63, 3.8) is 0 Å². The van der Waals surface area contributed by atoms with Crippen molar-refractivity contribution < 1.29 is 23.4 Å². The van der Waals surface area contributed by atoms with E-state index >= 15 is 0 Å². The summed E-state index contributed by atoms with van der Waals surface area (Å²) >= 11 is 9.61. The zero-order chi connectivity index (χ0) is 27.7. The molecule has 2 aromatic heterocycles. The van der Waals surface area contributed by atoms with Gasteiger partial charge in [-0.05, 0) is 76.9 Å². The minimum atomic E-state index is -0.858. The van der Waals surface area contributed by atoms with E-state index in [9.17, 15) is 9.59 Å². The molecule has 5 aromatic rings. The SMILES string of the molecule is COC(=O)[C@H](C)Oc1c(Br)cc(C=Nn2c(-c3cc4cc(Cl)ccc4o3)nc3ccccc3c2=O)cc1OC. The fourth-order valence-electron chi connectivity index (χ4n) is 3.96. The Kier molecular flexibility index (Phi) is 7.40. The number of halogens is 2. The minimum Gasteiger partial charge on any atom is -0.493 e. The van der Waals surface area contributed by atoms with Gasteiger partial charge in [0.2, 0.25) is 5.82 Å².